The highest BCUT2D eigenvalue weighted by molar-refractivity contribution is 5.93. The number of hydrogen-bond donors (Lipinski definition) is 1. The minimum atomic E-state index is -0.246. The number of ether oxygens (including phenoxy) is 1. The van der Waals surface area contributed by atoms with Crippen LogP contribution in [-0.4, -0.2) is 24.1 Å². The van der Waals surface area contributed by atoms with Crippen LogP contribution in [0.15, 0.2) is 41.3 Å². The molecule has 0 radical (unpaired) electrons. The van der Waals surface area contributed by atoms with Gasteiger partial charge in [-0.3, -0.25) is 9.59 Å². The van der Waals surface area contributed by atoms with E-state index < -0.39 is 0 Å². The summed E-state index contributed by atoms with van der Waals surface area (Å²) in [5.41, 5.74) is 2.37. The Morgan fingerprint density at radius 2 is 2.05 bits per heavy atom. The molecule has 2 aromatic rings. The average molecular weight is 300 g/mol. The fourth-order valence-electron chi connectivity index (χ4n) is 2.21. The smallest absolute Gasteiger partial charge is 0.251 e. The van der Waals surface area contributed by atoms with Gasteiger partial charge in [0.15, 0.2) is 0 Å². The highest BCUT2D eigenvalue weighted by Crippen LogP contribution is 2.19. The van der Waals surface area contributed by atoms with Gasteiger partial charge in [0, 0.05) is 31.4 Å². The molecule has 0 bridgehead atoms. The molecule has 0 unspecified atom stereocenters. The number of carbonyl (C=O) groups excluding carboxylic acids is 1. The van der Waals surface area contributed by atoms with Gasteiger partial charge in [-0.15, -0.1) is 0 Å². The summed E-state index contributed by atoms with van der Waals surface area (Å²) in [5.74, 6) is 0.567. The van der Waals surface area contributed by atoms with Crippen LogP contribution in [0.25, 0.3) is 0 Å². The first-order valence-corrected chi connectivity index (χ1v) is 7.09. The summed E-state index contributed by atoms with van der Waals surface area (Å²) < 4.78 is 6.74. The van der Waals surface area contributed by atoms with Gasteiger partial charge in [0.05, 0.1) is 7.11 Å². The number of rotatable bonds is 5. The average Bonchev–Trinajstić information content (AvgIpc) is 2.50. The van der Waals surface area contributed by atoms with Gasteiger partial charge in [-0.1, -0.05) is 17.7 Å². The highest BCUT2D eigenvalue weighted by Gasteiger charge is 2.08. The maximum atomic E-state index is 12.0. The van der Waals surface area contributed by atoms with Crippen molar-refractivity contribution in [2.24, 2.45) is 7.05 Å². The normalized spacial score (nSPS) is 10.3. The summed E-state index contributed by atoms with van der Waals surface area (Å²) >= 11 is 0. The zero-order valence-electron chi connectivity index (χ0n) is 13.1. The lowest BCUT2D eigenvalue weighted by Gasteiger charge is -2.10. The molecule has 1 N–H and O–H groups in total. The molecule has 0 fully saturated rings. The number of pyridine rings is 1. The Morgan fingerprint density at radius 1 is 1.27 bits per heavy atom. The van der Waals surface area contributed by atoms with Crippen molar-refractivity contribution in [1.82, 2.24) is 9.88 Å². The topological polar surface area (TPSA) is 60.3 Å². The molecule has 1 aromatic carbocycles. The largest absolute Gasteiger partial charge is 0.496 e. The van der Waals surface area contributed by atoms with Crippen LogP contribution in [0.3, 0.4) is 0 Å². The molecule has 0 aliphatic carbocycles. The van der Waals surface area contributed by atoms with E-state index in [1.54, 1.807) is 26.4 Å². The number of carbonyl (C=O) groups is 1. The van der Waals surface area contributed by atoms with Crippen molar-refractivity contribution < 1.29 is 9.53 Å². The third-order valence-corrected chi connectivity index (χ3v) is 3.48. The first-order valence-electron chi connectivity index (χ1n) is 7.09. The lowest BCUT2D eigenvalue weighted by molar-refractivity contribution is 0.0953. The number of benzene rings is 1. The van der Waals surface area contributed by atoms with Crippen LogP contribution in [-0.2, 0) is 13.5 Å². The molecule has 0 atom stereocenters. The second-order valence-electron chi connectivity index (χ2n) is 5.19. The van der Waals surface area contributed by atoms with Crippen LogP contribution in [0.4, 0.5) is 0 Å². The van der Waals surface area contributed by atoms with E-state index in [0.29, 0.717) is 18.5 Å². The second-order valence-corrected chi connectivity index (χ2v) is 5.19. The SMILES string of the molecule is COc1ccc(C)cc1CCNC(=O)c1ccn(C)c(=O)c1. The molecule has 0 saturated heterocycles. The molecule has 1 aromatic heterocycles. The second kappa shape index (κ2) is 6.93. The molecule has 5 nitrogen and oxygen atoms in total. The standard InChI is InChI=1S/C17H20N2O3/c1-12-4-5-15(22-3)13(10-12)6-8-18-17(21)14-7-9-19(2)16(20)11-14/h4-5,7,9-11H,6,8H2,1-3H3,(H,18,21). The fourth-order valence-corrected chi connectivity index (χ4v) is 2.21. The van der Waals surface area contributed by atoms with Crippen molar-refractivity contribution in [3.8, 4) is 5.75 Å². The number of aromatic nitrogens is 1. The molecule has 0 aliphatic rings. The Hall–Kier alpha value is -2.56. The van der Waals surface area contributed by atoms with Crippen molar-refractivity contribution in [3.05, 3.63) is 63.6 Å². The van der Waals surface area contributed by atoms with Gasteiger partial charge in [0.25, 0.3) is 11.5 Å². The van der Waals surface area contributed by atoms with Crippen molar-refractivity contribution in [3.63, 3.8) is 0 Å². The Morgan fingerprint density at radius 3 is 2.73 bits per heavy atom. The number of hydrogen-bond acceptors (Lipinski definition) is 3. The van der Waals surface area contributed by atoms with Gasteiger partial charge in [-0.05, 0) is 31.0 Å². The Labute approximate surface area is 129 Å². The van der Waals surface area contributed by atoms with Crippen LogP contribution < -0.4 is 15.6 Å². The maximum absolute atomic E-state index is 12.0. The third-order valence-electron chi connectivity index (χ3n) is 3.48. The van der Waals surface area contributed by atoms with Crippen molar-refractivity contribution in [2.75, 3.05) is 13.7 Å². The molecule has 0 saturated carbocycles. The van der Waals surface area contributed by atoms with Crippen LogP contribution in [0.5, 0.6) is 5.75 Å². The lowest BCUT2D eigenvalue weighted by atomic mass is 10.1. The third kappa shape index (κ3) is 3.75. The molecule has 1 heterocycles. The van der Waals surface area contributed by atoms with Gasteiger partial charge >= 0.3 is 0 Å². The van der Waals surface area contributed by atoms with E-state index in [1.807, 2.05) is 25.1 Å². The van der Waals surface area contributed by atoms with Gasteiger partial charge in [0.2, 0.25) is 0 Å². The molecule has 2 rings (SSSR count). The van der Waals surface area contributed by atoms with E-state index >= 15 is 0 Å². The highest BCUT2D eigenvalue weighted by atomic mass is 16.5. The van der Waals surface area contributed by atoms with Crippen LogP contribution >= 0.6 is 0 Å². The van der Waals surface area contributed by atoms with Gasteiger partial charge in [0.1, 0.15) is 5.75 Å². The number of methoxy groups -OCH3 is 1. The van der Waals surface area contributed by atoms with Crippen LogP contribution in [0.1, 0.15) is 21.5 Å². The van der Waals surface area contributed by atoms with E-state index in [0.717, 1.165) is 16.9 Å². The Kier molecular flexibility index (Phi) is 4.99. The summed E-state index contributed by atoms with van der Waals surface area (Å²) in [7, 11) is 3.28. The minimum absolute atomic E-state index is 0.201. The van der Waals surface area contributed by atoms with E-state index in [1.165, 1.54) is 10.6 Å². The van der Waals surface area contributed by atoms with E-state index in [9.17, 15) is 9.59 Å². The van der Waals surface area contributed by atoms with E-state index in [2.05, 4.69) is 5.32 Å². The summed E-state index contributed by atoms with van der Waals surface area (Å²) in [6.45, 7) is 2.50. The zero-order chi connectivity index (χ0) is 16.1. The number of nitrogens with zero attached hydrogens (tertiary/aromatic N) is 1. The van der Waals surface area contributed by atoms with Crippen molar-refractivity contribution in [1.29, 1.82) is 0 Å². The minimum Gasteiger partial charge on any atom is -0.496 e. The summed E-state index contributed by atoms with van der Waals surface area (Å²) in [6, 6.07) is 8.92. The maximum Gasteiger partial charge on any atom is 0.251 e. The molecular formula is C17H20N2O3. The van der Waals surface area contributed by atoms with Gasteiger partial charge in [-0.2, -0.15) is 0 Å². The molecule has 0 spiro atoms. The molecular weight excluding hydrogens is 280 g/mol. The quantitative estimate of drug-likeness (QED) is 0.914. The number of aryl methyl sites for hydroxylation is 2. The van der Waals surface area contributed by atoms with Gasteiger partial charge in [-0.25, -0.2) is 0 Å². The first kappa shape index (κ1) is 15.8. The lowest BCUT2D eigenvalue weighted by Crippen LogP contribution is -2.27. The van der Waals surface area contributed by atoms with Gasteiger partial charge < -0.3 is 14.6 Å². The zero-order valence-corrected chi connectivity index (χ0v) is 13.1. The molecule has 1 amide bonds. The molecule has 0 aliphatic heterocycles. The fraction of sp³-hybridized carbons (Fsp3) is 0.294. The van der Waals surface area contributed by atoms with Crippen LogP contribution in [0, 0.1) is 6.92 Å². The summed E-state index contributed by atoms with van der Waals surface area (Å²) in [4.78, 5) is 23.6. The monoisotopic (exact) mass is 300 g/mol. The summed E-state index contributed by atoms with van der Waals surface area (Å²) in [6.07, 6.45) is 2.25. The van der Waals surface area contributed by atoms with Crippen molar-refractivity contribution in [2.45, 2.75) is 13.3 Å². The number of amides is 1. The predicted molar refractivity (Wildman–Crippen MR) is 85.5 cm³/mol. The molecule has 22 heavy (non-hydrogen) atoms. The molecule has 116 valence electrons. The van der Waals surface area contributed by atoms with Crippen LogP contribution in [0.2, 0.25) is 0 Å². The predicted octanol–water partition coefficient (Wildman–Crippen LogP) is 1.67. The first-order chi connectivity index (χ1) is 10.5. The van der Waals surface area contributed by atoms with E-state index in [4.69, 9.17) is 4.74 Å². The Balaban J connectivity index is 1.99. The van der Waals surface area contributed by atoms with E-state index in [-0.39, 0.29) is 11.5 Å². The van der Waals surface area contributed by atoms with Crippen molar-refractivity contribution >= 4 is 5.91 Å². The Bertz CT molecular complexity index is 735. The number of nitrogens with one attached hydrogen (secondary N) is 1. The summed E-state index contributed by atoms with van der Waals surface area (Å²) in [5, 5.41) is 2.82. The molecule has 5 heteroatoms.